The first-order valence-corrected chi connectivity index (χ1v) is 8.18. The summed E-state index contributed by atoms with van der Waals surface area (Å²) in [6.07, 6.45) is 1.92. The molecule has 1 N–H and O–H groups in total. The number of halogens is 1. The fourth-order valence-electron chi connectivity index (χ4n) is 4.37. The van der Waals surface area contributed by atoms with Gasteiger partial charge in [0.15, 0.2) is 5.78 Å². The van der Waals surface area contributed by atoms with Crippen molar-refractivity contribution in [3.63, 3.8) is 0 Å². The van der Waals surface area contributed by atoms with Crippen LogP contribution in [-0.4, -0.2) is 23.1 Å². The summed E-state index contributed by atoms with van der Waals surface area (Å²) in [6.45, 7) is 3.97. The lowest BCUT2D eigenvalue weighted by atomic mass is 9.80. The molecule has 1 unspecified atom stereocenters. The average Bonchev–Trinajstić information content (AvgIpc) is 3.06. The minimum atomic E-state index is -0.166. The first-order chi connectivity index (χ1) is 9.99. The summed E-state index contributed by atoms with van der Waals surface area (Å²) in [5, 5.41) is 10.7. The van der Waals surface area contributed by atoms with Crippen LogP contribution >= 0.6 is 15.9 Å². The number of aliphatic hydroxyl groups excluding tert-OH is 1. The van der Waals surface area contributed by atoms with Crippen LogP contribution in [0.5, 0.6) is 0 Å². The molecule has 0 aromatic heterocycles. The maximum absolute atomic E-state index is 12.9. The molecular formula is C17H17BrO3. The number of rotatable bonds is 1. The van der Waals surface area contributed by atoms with Crippen molar-refractivity contribution in [3.8, 4) is 0 Å². The number of ketones is 1. The molecule has 0 radical (unpaired) electrons. The summed E-state index contributed by atoms with van der Waals surface area (Å²) < 4.78 is 6.82. The van der Waals surface area contributed by atoms with Crippen LogP contribution in [0.4, 0.5) is 0 Å². The van der Waals surface area contributed by atoms with Crippen LogP contribution in [0.3, 0.4) is 0 Å². The van der Waals surface area contributed by atoms with E-state index >= 15 is 0 Å². The van der Waals surface area contributed by atoms with E-state index in [9.17, 15) is 9.90 Å². The molecule has 1 aliphatic carbocycles. The maximum Gasteiger partial charge on any atom is 0.173 e. The second kappa shape index (κ2) is 4.43. The highest BCUT2D eigenvalue weighted by Crippen LogP contribution is 2.54. The maximum atomic E-state index is 12.9. The molecule has 0 spiro atoms. The number of aryl methyl sites for hydroxylation is 2. The van der Waals surface area contributed by atoms with Gasteiger partial charge >= 0.3 is 0 Å². The zero-order valence-electron chi connectivity index (χ0n) is 12.0. The molecule has 2 aliphatic heterocycles. The Labute approximate surface area is 132 Å². The van der Waals surface area contributed by atoms with E-state index in [-0.39, 0.29) is 35.6 Å². The molecule has 4 atom stereocenters. The Balaban J connectivity index is 1.88. The summed E-state index contributed by atoms with van der Waals surface area (Å²) in [7, 11) is 0. The Kier molecular flexibility index (Phi) is 2.86. The summed E-state index contributed by atoms with van der Waals surface area (Å²) in [5.74, 6) is 0.0406. The Morgan fingerprint density at radius 1 is 1.14 bits per heavy atom. The molecule has 3 nitrogen and oxygen atoms in total. The van der Waals surface area contributed by atoms with Gasteiger partial charge in [-0.3, -0.25) is 4.79 Å². The molecule has 0 amide bonds. The van der Waals surface area contributed by atoms with Crippen molar-refractivity contribution in [2.24, 2.45) is 11.8 Å². The Morgan fingerprint density at radius 3 is 2.29 bits per heavy atom. The zero-order chi connectivity index (χ0) is 14.9. The van der Waals surface area contributed by atoms with Crippen LogP contribution in [-0.2, 0) is 9.53 Å². The van der Waals surface area contributed by atoms with Crippen LogP contribution in [0.2, 0.25) is 0 Å². The van der Waals surface area contributed by atoms with Crippen molar-refractivity contribution in [1.29, 1.82) is 0 Å². The standard InChI is InChI=1S/C17H17BrO3/c1-7-5-9(18)6-8(2)12(7)15-16(19)13-10-3-4-11(21-10)14(13)17(15)20/h5-6,10-11,13-14,19H,3-4H2,1-2H3/t10-,11+,13-,14?/m1/s1. The van der Waals surface area contributed by atoms with Gasteiger partial charge in [0.1, 0.15) is 5.76 Å². The number of hydrogen-bond donors (Lipinski definition) is 1. The monoisotopic (exact) mass is 348 g/mol. The van der Waals surface area contributed by atoms with E-state index in [1.54, 1.807) is 0 Å². The Morgan fingerprint density at radius 2 is 1.71 bits per heavy atom. The van der Waals surface area contributed by atoms with E-state index in [1.165, 1.54) is 0 Å². The van der Waals surface area contributed by atoms with Crippen LogP contribution < -0.4 is 0 Å². The fraction of sp³-hybridized carbons (Fsp3) is 0.471. The van der Waals surface area contributed by atoms with Crippen molar-refractivity contribution >= 4 is 27.3 Å². The molecule has 1 aromatic carbocycles. The molecule has 0 saturated carbocycles. The van der Waals surface area contributed by atoms with Crippen molar-refractivity contribution in [2.75, 3.05) is 0 Å². The van der Waals surface area contributed by atoms with Crippen molar-refractivity contribution in [3.05, 3.63) is 39.1 Å². The quantitative estimate of drug-likeness (QED) is 0.841. The number of Topliss-reactive ketones (excluding diaryl/α,β-unsaturated/α-hetero) is 1. The van der Waals surface area contributed by atoms with Crippen LogP contribution in [0.25, 0.3) is 5.57 Å². The summed E-state index contributed by atoms with van der Waals surface area (Å²) in [4.78, 5) is 12.9. The van der Waals surface area contributed by atoms with Gasteiger partial charge in [0.05, 0.1) is 29.6 Å². The third-order valence-electron chi connectivity index (χ3n) is 5.14. The SMILES string of the molecule is Cc1cc(Br)cc(C)c1C1=C(O)[C@H]2C(C1=O)[C@@H]1CC[C@H]2O1. The lowest BCUT2D eigenvalue weighted by Gasteiger charge is -2.19. The third-order valence-corrected chi connectivity index (χ3v) is 5.60. The molecule has 2 fully saturated rings. The number of fused-ring (bicyclic) bond motifs is 5. The molecule has 2 saturated heterocycles. The number of benzene rings is 1. The minimum Gasteiger partial charge on any atom is -0.511 e. The van der Waals surface area contributed by atoms with Crippen molar-refractivity contribution < 1.29 is 14.6 Å². The lowest BCUT2D eigenvalue weighted by Crippen LogP contribution is -2.29. The molecule has 2 bridgehead atoms. The normalized spacial score (nSPS) is 34.0. The van der Waals surface area contributed by atoms with Gasteiger partial charge in [0.25, 0.3) is 0 Å². The van der Waals surface area contributed by atoms with E-state index in [0.717, 1.165) is 34.0 Å². The molecule has 4 rings (SSSR count). The van der Waals surface area contributed by atoms with Gasteiger partial charge < -0.3 is 9.84 Å². The number of allylic oxidation sites excluding steroid dienone is 1. The second-order valence-corrected chi connectivity index (χ2v) is 7.30. The molecule has 1 aromatic rings. The van der Waals surface area contributed by atoms with E-state index in [1.807, 2.05) is 26.0 Å². The van der Waals surface area contributed by atoms with Gasteiger partial charge in [-0.1, -0.05) is 15.9 Å². The number of aliphatic hydroxyl groups is 1. The summed E-state index contributed by atoms with van der Waals surface area (Å²) in [5.41, 5.74) is 3.47. The molecule has 110 valence electrons. The van der Waals surface area contributed by atoms with E-state index < -0.39 is 0 Å². The fourth-order valence-corrected chi connectivity index (χ4v) is 5.06. The number of hydrogen-bond acceptors (Lipinski definition) is 3. The topological polar surface area (TPSA) is 46.5 Å². The number of carbonyl (C=O) groups excluding carboxylic acids is 1. The van der Waals surface area contributed by atoms with E-state index in [0.29, 0.717) is 5.57 Å². The van der Waals surface area contributed by atoms with Crippen molar-refractivity contribution in [2.45, 2.75) is 38.9 Å². The van der Waals surface area contributed by atoms with E-state index in [2.05, 4.69) is 15.9 Å². The van der Waals surface area contributed by atoms with Crippen LogP contribution in [0.15, 0.2) is 22.4 Å². The van der Waals surface area contributed by atoms with Crippen molar-refractivity contribution in [1.82, 2.24) is 0 Å². The van der Waals surface area contributed by atoms with Gasteiger partial charge in [-0.15, -0.1) is 0 Å². The molecule has 3 aliphatic rings. The van der Waals surface area contributed by atoms with E-state index in [4.69, 9.17) is 4.74 Å². The molecular weight excluding hydrogens is 332 g/mol. The highest BCUT2D eigenvalue weighted by atomic mass is 79.9. The van der Waals surface area contributed by atoms with Gasteiger partial charge in [-0.25, -0.2) is 0 Å². The minimum absolute atomic E-state index is 0.00297. The highest BCUT2D eigenvalue weighted by Gasteiger charge is 2.59. The largest absolute Gasteiger partial charge is 0.511 e. The smallest absolute Gasteiger partial charge is 0.173 e. The number of carbonyl (C=O) groups is 1. The van der Waals surface area contributed by atoms with Crippen LogP contribution in [0, 0.1) is 25.7 Å². The first kappa shape index (κ1) is 13.5. The zero-order valence-corrected chi connectivity index (χ0v) is 13.6. The Hall–Kier alpha value is -1.13. The average molecular weight is 349 g/mol. The number of ether oxygens (including phenoxy) is 1. The lowest BCUT2D eigenvalue weighted by molar-refractivity contribution is -0.118. The Bertz CT molecular complexity index is 668. The van der Waals surface area contributed by atoms with Gasteiger partial charge in [0.2, 0.25) is 0 Å². The van der Waals surface area contributed by atoms with Gasteiger partial charge in [0, 0.05) is 4.47 Å². The molecule has 21 heavy (non-hydrogen) atoms. The van der Waals surface area contributed by atoms with Gasteiger partial charge in [-0.2, -0.15) is 0 Å². The molecule has 4 heteroatoms. The predicted molar refractivity (Wildman–Crippen MR) is 83.0 cm³/mol. The first-order valence-electron chi connectivity index (χ1n) is 7.39. The third kappa shape index (κ3) is 1.72. The predicted octanol–water partition coefficient (Wildman–Crippen LogP) is 3.71. The van der Waals surface area contributed by atoms with Gasteiger partial charge in [-0.05, 0) is 55.5 Å². The summed E-state index contributed by atoms with van der Waals surface area (Å²) >= 11 is 3.48. The highest BCUT2D eigenvalue weighted by molar-refractivity contribution is 9.10. The summed E-state index contributed by atoms with van der Waals surface area (Å²) in [6, 6.07) is 3.99. The molecule has 2 heterocycles. The second-order valence-electron chi connectivity index (χ2n) is 6.38. The van der Waals surface area contributed by atoms with Crippen LogP contribution in [0.1, 0.15) is 29.5 Å².